The summed E-state index contributed by atoms with van der Waals surface area (Å²) < 4.78 is 0. The van der Waals surface area contributed by atoms with Crippen LogP contribution in [0, 0.1) is 6.92 Å². The van der Waals surface area contributed by atoms with Crippen LogP contribution in [0.3, 0.4) is 0 Å². The number of nitrogens with one attached hydrogen (secondary N) is 1. The number of aryl methyl sites for hydroxylation is 1. The highest BCUT2D eigenvalue weighted by Crippen LogP contribution is 2.31. The van der Waals surface area contributed by atoms with Crippen LogP contribution in [0.5, 0.6) is 0 Å². The van der Waals surface area contributed by atoms with Crippen LogP contribution >= 0.6 is 23.2 Å². The predicted octanol–water partition coefficient (Wildman–Crippen LogP) is 3.09. The number of benzene rings is 1. The first-order valence-electron chi connectivity index (χ1n) is 10.1. The SMILES string of the molecule is Cc1ccc(NC(=O)N2CC=C(c3ncc(N4C[C@@H](O)[C@@H](O)C4=O)cc3Cl)CC2)cc1Cl. The third-order valence-corrected chi connectivity index (χ3v) is 6.31. The van der Waals surface area contributed by atoms with Gasteiger partial charge in [-0.3, -0.25) is 9.78 Å². The van der Waals surface area contributed by atoms with Gasteiger partial charge in [-0.1, -0.05) is 35.3 Å². The van der Waals surface area contributed by atoms with E-state index in [9.17, 15) is 19.8 Å². The highest BCUT2D eigenvalue weighted by Gasteiger charge is 2.39. The molecule has 2 aliphatic rings. The van der Waals surface area contributed by atoms with Crippen molar-refractivity contribution in [1.82, 2.24) is 9.88 Å². The Kier molecular flexibility index (Phi) is 6.39. The molecule has 4 rings (SSSR count). The van der Waals surface area contributed by atoms with E-state index in [0.717, 1.165) is 11.1 Å². The van der Waals surface area contributed by atoms with Crippen LogP contribution in [0.1, 0.15) is 17.7 Å². The summed E-state index contributed by atoms with van der Waals surface area (Å²) >= 11 is 12.5. The molecule has 8 nitrogen and oxygen atoms in total. The van der Waals surface area contributed by atoms with Crippen LogP contribution in [0.2, 0.25) is 10.0 Å². The molecule has 0 saturated carbocycles. The molecular weight excluding hydrogens is 455 g/mol. The zero-order valence-corrected chi connectivity index (χ0v) is 18.8. The maximum Gasteiger partial charge on any atom is 0.322 e. The quantitative estimate of drug-likeness (QED) is 0.630. The van der Waals surface area contributed by atoms with Gasteiger partial charge in [-0.2, -0.15) is 0 Å². The van der Waals surface area contributed by atoms with Crippen molar-refractivity contribution in [2.45, 2.75) is 25.6 Å². The lowest BCUT2D eigenvalue weighted by Gasteiger charge is -2.27. The van der Waals surface area contributed by atoms with Crippen LogP contribution in [-0.2, 0) is 4.79 Å². The van der Waals surface area contributed by atoms with Gasteiger partial charge in [0.05, 0.1) is 29.1 Å². The molecule has 1 aromatic carbocycles. The molecule has 1 saturated heterocycles. The van der Waals surface area contributed by atoms with Crippen LogP contribution in [-0.4, -0.2) is 63.9 Å². The van der Waals surface area contributed by atoms with E-state index >= 15 is 0 Å². The summed E-state index contributed by atoms with van der Waals surface area (Å²) in [5, 5.41) is 23.2. The molecule has 2 aliphatic heterocycles. The Morgan fingerprint density at radius 1 is 1.22 bits per heavy atom. The van der Waals surface area contributed by atoms with Crippen molar-refractivity contribution in [3.05, 3.63) is 57.8 Å². The Morgan fingerprint density at radius 3 is 2.59 bits per heavy atom. The number of carbonyl (C=O) groups excluding carboxylic acids is 2. The minimum atomic E-state index is -1.44. The molecule has 2 atom stereocenters. The molecule has 0 spiro atoms. The van der Waals surface area contributed by atoms with Gasteiger partial charge in [-0.05, 0) is 42.7 Å². The molecule has 0 unspecified atom stereocenters. The number of urea groups is 1. The lowest BCUT2D eigenvalue weighted by atomic mass is 10.0. The molecule has 1 fully saturated rings. The fourth-order valence-electron chi connectivity index (χ4n) is 3.69. The van der Waals surface area contributed by atoms with E-state index in [-0.39, 0.29) is 12.6 Å². The standard InChI is InChI=1S/C22H22Cl2N4O4/c1-12-2-3-14(8-16(12)23)26-22(32)27-6-4-13(5-7-27)19-17(24)9-15(10-25-19)28-11-18(29)20(30)21(28)31/h2-4,8-10,18,20,29-30H,5-7,11H2,1H3,(H,26,32)/t18-,20-/m1/s1. The van der Waals surface area contributed by atoms with E-state index in [1.165, 1.54) is 11.1 Å². The van der Waals surface area contributed by atoms with Gasteiger partial charge in [0.2, 0.25) is 0 Å². The average Bonchev–Trinajstić information content (AvgIpc) is 3.03. The van der Waals surface area contributed by atoms with Crippen molar-refractivity contribution in [1.29, 1.82) is 0 Å². The van der Waals surface area contributed by atoms with Crippen LogP contribution in [0.4, 0.5) is 16.2 Å². The first-order valence-corrected chi connectivity index (χ1v) is 10.8. The number of aliphatic hydroxyl groups excluding tert-OH is 2. The number of carbonyl (C=O) groups is 2. The zero-order valence-electron chi connectivity index (χ0n) is 17.3. The number of hydrogen-bond acceptors (Lipinski definition) is 5. The second kappa shape index (κ2) is 9.07. The first kappa shape index (κ1) is 22.5. The van der Waals surface area contributed by atoms with Gasteiger partial charge in [0.15, 0.2) is 6.10 Å². The van der Waals surface area contributed by atoms with Gasteiger partial charge in [0.25, 0.3) is 5.91 Å². The summed E-state index contributed by atoms with van der Waals surface area (Å²) in [5.41, 5.74) is 3.46. The first-order chi connectivity index (χ1) is 15.2. The highest BCUT2D eigenvalue weighted by atomic mass is 35.5. The van der Waals surface area contributed by atoms with Gasteiger partial charge in [-0.15, -0.1) is 0 Å². The number of aliphatic hydroxyl groups is 2. The smallest absolute Gasteiger partial charge is 0.322 e. The largest absolute Gasteiger partial charge is 0.388 e. The number of amides is 3. The molecule has 0 radical (unpaired) electrons. The van der Waals surface area contributed by atoms with E-state index in [2.05, 4.69) is 10.3 Å². The second-order valence-electron chi connectivity index (χ2n) is 7.80. The Morgan fingerprint density at radius 2 is 2.00 bits per heavy atom. The van der Waals surface area contributed by atoms with Crippen molar-refractivity contribution < 1.29 is 19.8 Å². The maximum atomic E-state index is 12.6. The molecule has 32 heavy (non-hydrogen) atoms. The normalized spacial score (nSPS) is 21.0. The monoisotopic (exact) mass is 476 g/mol. The van der Waals surface area contributed by atoms with Gasteiger partial charge in [0, 0.05) is 23.8 Å². The molecule has 0 aliphatic carbocycles. The minimum Gasteiger partial charge on any atom is -0.388 e. The molecule has 3 heterocycles. The average molecular weight is 477 g/mol. The third kappa shape index (κ3) is 4.45. The van der Waals surface area contributed by atoms with Gasteiger partial charge in [-0.25, -0.2) is 4.79 Å². The Balaban J connectivity index is 1.43. The number of hydrogen-bond donors (Lipinski definition) is 3. The Bertz CT molecular complexity index is 1110. The zero-order chi connectivity index (χ0) is 23.0. The molecule has 10 heteroatoms. The summed E-state index contributed by atoms with van der Waals surface area (Å²) in [5.74, 6) is -0.587. The summed E-state index contributed by atoms with van der Waals surface area (Å²) in [6.07, 6.45) is 1.37. The van der Waals surface area contributed by atoms with E-state index in [1.807, 2.05) is 19.1 Å². The number of β-amino-alcohol motifs (C(OH)–C–C–N with tert-alkyl or cyclic N) is 1. The van der Waals surface area contributed by atoms with Crippen molar-refractivity contribution >= 4 is 52.1 Å². The summed E-state index contributed by atoms with van der Waals surface area (Å²) in [6.45, 7) is 2.76. The summed E-state index contributed by atoms with van der Waals surface area (Å²) in [6, 6.07) is 6.74. The van der Waals surface area contributed by atoms with E-state index in [4.69, 9.17) is 23.2 Å². The third-order valence-electron chi connectivity index (χ3n) is 5.62. The van der Waals surface area contributed by atoms with E-state index in [0.29, 0.717) is 46.6 Å². The van der Waals surface area contributed by atoms with Gasteiger partial charge >= 0.3 is 6.03 Å². The van der Waals surface area contributed by atoms with Crippen molar-refractivity contribution in [3.8, 4) is 0 Å². The fourth-order valence-corrected chi connectivity index (χ4v) is 4.15. The van der Waals surface area contributed by atoms with E-state index in [1.54, 1.807) is 23.1 Å². The topological polar surface area (TPSA) is 106 Å². The van der Waals surface area contributed by atoms with Crippen LogP contribution < -0.4 is 10.2 Å². The Hall–Kier alpha value is -2.65. The minimum absolute atomic E-state index is 0.0175. The molecule has 3 amide bonds. The van der Waals surface area contributed by atoms with Crippen molar-refractivity contribution in [2.75, 3.05) is 29.9 Å². The van der Waals surface area contributed by atoms with Gasteiger partial charge < -0.3 is 25.3 Å². The van der Waals surface area contributed by atoms with Crippen LogP contribution in [0.15, 0.2) is 36.5 Å². The number of aromatic nitrogens is 1. The molecule has 1 aromatic heterocycles. The van der Waals surface area contributed by atoms with E-state index < -0.39 is 18.1 Å². The number of anilines is 2. The highest BCUT2D eigenvalue weighted by molar-refractivity contribution is 6.32. The lowest BCUT2D eigenvalue weighted by molar-refractivity contribution is -0.126. The number of nitrogens with zero attached hydrogens (tertiary/aromatic N) is 3. The van der Waals surface area contributed by atoms with Crippen molar-refractivity contribution in [2.24, 2.45) is 0 Å². The number of pyridine rings is 1. The summed E-state index contributed by atoms with van der Waals surface area (Å²) in [4.78, 5) is 32.0. The molecule has 2 aromatic rings. The fraction of sp³-hybridized carbons (Fsp3) is 0.318. The summed E-state index contributed by atoms with van der Waals surface area (Å²) in [7, 11) is 0. The maximum absolute atomic E-state index is 12.6. The van der Waals surface area contributed by atoms with Gasteiger partial charge in [0.1, 0.15) is 6.10 Å². The molecule has 0 bridgehead atoms. The lowest BCUT2D eigenvalue weighted by Crippen LogP contribution is -2.38. The number of halogens is 2. The molecule has 3 N–H and O–H groups in total. The molecule has 168 valence electrons. The number of rotatable bonds is 3. The molecular formula is C22H22Cl2N4O4. The Labute approximate surface area is 195 Å². The van der Waals surface area contributed by atoms with Crippen molar-refractivity contribution in [3.63, 3.8) is 0 Å². The second-order valence-corrected chi connectivity index (χ2v) is 8.62. The van der Waals surface area contributed by atoms with Crippen LogP contribution in [0.25, 0.3) is 5.57 Å². The predicted molar refractivity (Wildman–Crippen MR) is 123 cm³/mol.